The van der Waals surface area contributed by atoms with Gasteiger partial charge in [0.2, 0.25) is 0 Å². The number of rotatable bonds is 0. The highest BCUT2D eigenvalue weighted by Crippen LogP contribution is 1.62. The lowest BCUT2D eigenvalue weighted by Crippen LogP contribution is -1.22. The Morgan fingerprint density at radius 3 is 2.50 bits per heavy atom. The second-order valence-corrected chi connectivity index (χ2v) is 0.398. The summed E-state index contributed by atoms with van der Waals surface area (Å²) in [7, 11) is 0. The Morgan fingerprint density at radius 1 is 2.25 bits per heavy atom. The van der Waals surface area contributed by atoms with E-state index in [4.69, 9.17) is 1.37 Å². The predicted octanol–water partition coefficient (Wildman–Crippen LogP) is 1.49. The van der Waals surface area contributed by atoms with Gasteiger partial charge in [-0.05, 0) is 6.92 Å². The topological polar surface area (TPSA) is 0 Å². The summed E-state index contributed by atoms with van der Waals surface area (Å²) >= 11 is 0. The third-order valence-electron chi connectivity index (χ3n) is 0.109. The fraction of sp³-hybridized carbons (Fsp3) is 0.333. The highest BCUT2D eigenvalue weighted by atomic mass is 19.1. The molecule has 0 saturated carbocycles. The van der Waals surface area contributed by atoms with Crippen LogP contribution in [0, 0.1) is 0 Å². The molecule has 0 aliphatic carbocycles. The first kappa shape index (κ1) is 1.94. The molecule has 0 radical (unpaired) electrons. The first-order valence-corrected chi connectivity index (χ1v) is 1.06. The smallest absolute Gasteiger partial charge is 0.0952 e. The molecule has 0 saturated heterocycles. The number of halogens is 1. The zero-order valence-electron chi connectivity index (χ0n) is 3.46. The van der Waals surface area contributed by atoms with E-state index in [-0.39, 0.29) is 0 Å². The van der Waals surface area contributed by atoms with Crippen molar-refractivity contribution in [3.63, 3.8) is 0 Å². The molecule has 0 atom stereocenters. The minimum Gasteiger partial charge on any atom is -0.216 e. The summed E-state index contributed by atoms with van der Waals surface area (Å²) in [6.07, 6.45) is 0.213. The maximum Gasteiger partial charge on any atom is 0.0952 e. The average molecular weight is 61.1 g/mol. The van der Waals surface area contributed by atoms with E-state index in [0.29, 0.717) is 0 Å². The fourth-order valence-corrected chi connectivity index (χ4v) is 0. The van der Waals surface area contributed by atoms with Crippen LogP contribution in [0.25, 0.3) is 0 Å². The Morgan fingerprint density at radius 2 is 2.50 bits per heavy atom. The van der Waals surface area contributed by atoms with Crippen LogP contribution < -0.4 is 0 Å². The maximum atomic E-state index is 11.0. The van der Waals surface area contributed by atoms with Crippen molar-refractivity contribution < 1.29 is 5.76 Å². The molecule has 0 fully saturated rings. The van der Waals surface area contributed by atoms with E-state index in [0.717, 1.165) is 6.08 Å². The van der Waals surface area contributed by atoms with Gasteiger partial charge in [0.25, 0.3) is 0 Å². The summed E-state index contributed by atoms with van der Waals surface area (Å²) in [6.45, 7) is 1.47. The highest BCUT2D eigenvalue weighted by molar-refractivity contribution is 4.61. The lowest BCUT2D eigenvalue weighted by atomic mass is 10.8. The van der Waals surface area contributed by atoms with Gasteiger partial charge in [-0.2, -0.15) is 0 Å². The molecule has 0 bridgehead atoms. The Hall–Kier alpha value is -0.330. The van der Waals surface area contributed by atoms with Crippen LogP contribution in [0.15, 0.2) is 12.4 Å². The maximum absolute atomic E-state index is 11.0. The van der Waals surface area contributed by atoms with Gasteiger partial charge in [-0.25, -0.2) is 4.39 Å². The van der Waals surface area contributed by atoms with Gasteiger partial charge in [0.1, 0.15) is 0 Å². The summed E-state index contributed by atoms with van der Waals surface area (Å²) < 4.78 is 17.0. The van der Waals surface area contributed by atoms with Gasteiger partial charge in [-0.15, -0.1) is 0 Å². The third-order valence-corrected chi connectivity index (χ3v) is 0.109. The Labute approximate surface area is 26.4 Å². The molecule has 0 N–H and O–H groups in total. The SMILES string of the molecule is [2H]/C(F)=C\C. The summed E-state index contributed by atoms with van der Waals surface area (Å²) in [5.41, 5.74) is 0. The van der Waals surface area contributed by atoms with Crippen molar-refractivity contribution in [2.45, 2.75) is 6.92 Å². The van der Waals surface area contributed by atoms with Crippen molar-refractivity contribution in [3.8, 4) is 0 Å². The molecule has 0 aromatic heterocycles. The second kappa shape index (κ2) is 2.67. The molecule has 4 heavy (non-hydrogen) atoms. The summed E-state index contributed by atoms with van der Waals surface area (Å²) in [5.74, 6) is 0. The Bertz CT molecular complexity index is 44.9. The van der Waals surface area contributed by atoms with Gasteiger partial charge >= 0.3 is 0 Å². The second-order valence-electron chi connectivity index (χ2n) is 0.398. The molecule has 0 unspecified atom stereocenters. The number of hydrogen-bond acceptors (Lipinski definition) is 0. The number of allylic oxidation sites excluding steroid dienone is 1. The molecule has 0 heterocycles. The molecule has 0 rings (SSSR count). The van der Waals surface area contributed by atoms with Crippen molar-refractivity contribution in [1.29, 1.82) is 0 Å². The quantitative estimate of drug-likeness (QED) is 0.398. The van der Waals surface area contributed by atoms with Crippen LogP contribution in [0.2, 0.25) is 0 Å². The van der Waals surface area contributed by atoms with Crippen molar-refractivity contribution in [3.05, 3.63) is 12.4 Å². The lowest BCUT2D eigenvalue weighted by Gasteiger charge is -1.45. The van der Waals surface area contributed by atoms with E-state index < -0.39 is 6.31 Å². The molecular weight excluding hydrogens is 55.0 g/mol. The van der Waals surface area contributed by atoms with Crippen molar-refractivity contribution in [2.24, 2.45) is 0 Å². The van der Waals surface area contributed by atoms with Crippen LogP contribution in [0.3, 0.4) is 0 Å². The van der Waals surface area contributed by atoms with Gasteiger partial charge in [-0.3, -0.25) is 0 Å². The zero-order valence-corrected chi connectivity index (χ0v) is 2.46. The van der Waals surface area contributed by atoms with Gasteiger partial charge in [-0.1, -0.05) is 6.08 Å². The van der Waals surface area contributed by atoms with Gasteiger partial charge in [0, 0.05) is 0 Å². The molecule has 0 aromatic rings. The normalized spacial score (nSPS) is 15.5. The fourth-order valence-electron chi connectivity index (χ4n) is 0. The minimum atomic E-state index is -0.870. The van der Waals surface area contributed by atoms with Crippen molar-refractivity contribution >= 4 is 0 Å². The number of hydrogen-bond donors (Lipinski definition) is 0. The molecule has 0 nitrogen and oxygen atoms in total. The molecule has 0 amide bonds. The molecule has 0 aromatic carbocycles. The van der Waals surface area contributed by atoms with E-state index in [2.05, 4.69) is 0 Å². The molecule has 1 heteroatoms. The molecule has 0 aliphatic heterocycles. The first-order chi connectivity index (χ1) is 2.27. The lowest BCUT2D eigenvalue weighted by molar-refractivity contribution is 0.719. The van der Waals surface area contributed by atoms with Crippen LogP contribution in [0.4, 0.5) is 4.39 Å². The minimum absolute atomic E-state index is 0.870. The van der Waals surface area contributed by atoms with E-state index in [1.54, 1.807) is 0 Å². The molecule has 0 aliphatic rings. The molecular formula is C3H5F. The molecule has 24 valence electrons. The monoisotopic (exact) mass is 61.0 g/mol. The van der Waals surface area contributed by atoms with Gasteiger partial charge in [0.05, 0.1) is 7.68 Å². The largest absolute Gasteiger partial charge is 0.216 e. The van der Waals surface area contributed by atoms with Crippen molar-refractivity contribution in [1.82, 2.24) is 0 Å². The summed E-state index contributed by atoms with van der Waals surface area (Å²) in [4.78, 5) is 0. The molecule has 0 spiro atoms. The van der Waals surface area contributed by atoms with Crippen LogP contribution in [0.5, 0.6) is 0 Å². The van der Waals surface area contributed by atoms with Crippen LogP contribution in [0.1, 0.15) is 8.29 Å². The Balaban J connectivity index is 3.14. The Kier molecular flexibility index (Phi) is 1.30. The third kappa shape index (κ3) is 1.67. The van der Waals surface area contributed by atoms with E-state index in [1.807, 2.05) is 0 Å². The zero-order chi connectivity index (χ0) is 4.28. The van der Waals surface area contributed by atoms with E-state index >= 15 is 0 Å². The highest BCUT2D eigenvalue weighted by Gasteiger charge is 1.38. The van der Waals surface area contributed by atoms with Crippen LogP contribution in [-0.2, 0) is 0 Å². The van der Waals surface area contributed by atoms with Gasteiger partial charge in [0.15, 0.2) is 0 Å². The summed E-state index contributed by atoms with van der Waals surface area (Å²) in [5, 5.41) is 0. The first-order valence-electron chi connectivity index (χ1n) is 1.56. The van der Waals surface area contributed by atoms with Crippen LogP contribution in [-0.4, -0.2) is 0 Å². The van der Waals surface area contributed by atoms with Gasteiger partial charge < -0.3 is 0 Å². The van der Waals surface area contributed by atoms with Crippen molar-refractivity contribution in [2.75, 3.05) is 0 Å². The standard InChI is InChI=1S/C3H5F/c1-2-3-4/h2-3H,1H3/b3-2+/i3D. The summed E-state index contributed by atoms with van der Waals surface area (Å²) in [6, 6.07) is 0. The van der Waals surface area contributed by atoms with E-state index in [9.17, 15) is 4.39 Å². The van der Waals surface area contributed by atoms with Crippen LogP contribution >= 0.6 is 0 Å². The average Bonchev–Trinajstić information content (AvgIpc) is 1.38. The predicted molar refractivity (Wildman–Crippen MR) is 15.9 cm³/mol. The van der Waals surface area contributed by atoms with E-state index in [1.165, 1.54) is 6.92 Å².